The van der Waals surface area contributed by atoms with Gasteiger partial charge in [0.05, 0.1) is 5.69 Å². The van der Waals surface area contributed by atoms with Crippen LogP contribution in [0.4, 0.5) is 11.4 Å². The minimum atomic E-state index is -3.75. The molecule has 1 aromatic carbocycles. The lowest BCUT2D eigenvalue weighted by atomic mass is 10.3. The topological polar surface area (TPSA) is 124 Å². The van der Waals surface area contributed by atoms with Crippen molar-refractivity contribution in [3.63, 3.8) is 0 Å². The normalized spacial score (nSPS) is 11.3. The average Bonchev–Trinajstić information content (AvgIpc) is 2.12. The van der Waals surface area contributed by atoms with Crippen LogP contribution in [0.15, 0.2) is 23.1 Å². The second-order valence-electron chi connectivity index (χ2n) is 3.01. The molecular weight excluding hydrogens is 216 g/mol. The van der Waals surface area contributed by atoms with Gasteiger partial charge in [-0.25, -0.2) is 13.6 Å². The molecule has 0 aromatic heterocycles. The zero-order chi connectivity index (χ0) is 11.5. The van der Waals surface area contributed by atoms with Gasteiger partial charge in [0.25, 0.3) is 0 Å². The molecule has 7 N–H and O–H groups in total. The molecule has 0 saturated heterocycles. The van der Waals surface area contributed by atoms with Crippen molar-refractivity contribution in [1.29, 1.82) is 0 Å². The zero-order valence-electron chi connectivity index (χ0n) is 8.10. The van der Waals surface area contributed by atoms with Gasteiger partial charge >= 0.3 is 0 Å². The van der Waals surface area contributed by atoms with Gasteiger partial charge in [-0.1, -0.05) is 0 Å². The molecule has 15 heavy (non-hydrogen) atoms. The number of nitrogens with two attached hydrogens (primary N) is 3. The fourth-order valence-corrected chi connectivity index (χ4v) is 1.78. The van der Waals surface area contributed by atoms with E-state index >= 15 is 0 Å². The molecule has 0 fully saturated rings. The summed E-state index contributed by atoms with van der Waals surface area (Å²) in [5.41, 5.74) is 11.7. The maximum absolute atomic E-state index is 11.0. The summed E-state index contributed by atoms with van der Waals surface area (Å²) < 4.78 is 22.1. The first kappa shape index (κ1) is 11.8. The predicted molar refractivity (Wildman–Crippen MR) is 59.8 cm³/mol. The van der Waals surface area contributed by atoms with Gasteiger partial charge in [-0.2, -0.15) is 0 Å². The molecule has 0 spiro atoms. The van der Waals surface area contributed by atoms with Gasteiger partial charge in [0.1, 0.15) is 4.90 Å². The van der Waals surface area contributed by atoms with E-state index in [9.17, 15) is 8.42 Å². The first-order chi connectivity index (χ1) is 6.95. The lowest BCUT2D eigenvalue weighted by molar-refractivity contribution is 0.598. The van der Waals surface area contributed by atoms with Crippen molar-refractivity contribution >= 4 is 21.4 Å². The lowest BCUT2D eigenvalue weighted by Gasteiger charge is -2.08. The standard InChI is InChI=1S/C8H14N4O2S/c9-3-4-12-6-1-2-8(7(10)5-6)15(11,13)14/h1-2,5,12H,3-4,9-10H2,(H2,11,13,14). The Morgan fingerprint density at radius 3 is 2.47 bits per heavy atom. The van der Waals surface area contributed by atoms with Crippen molar-refractivity contribution < 1.29 is 8.42 Å². The summed E-state index contributed by atoms with van der Waals surface area (Å²) in [6.07, 6.45) is 0. The Balaban J connectivity index is 2.99. The molecule has 1 rings (SSSR count). The van der Waals surface area contributed by atoms with Crippen molar-refractivity contribution in [3.05, 3.63) is 18.2 Å². The quantitative estimate of drug-likeness (QED) is 0.508. The number of rotatable bonds is 4. The first-order valence-electron chi connectivity index (χ1n) is 4.31. The molecule has 0 aliphatic rings. The fourth-order valence-electron chi connectivity index (χ4n) is 1.13. The van der Waals surface area contributed by atoms with Gasteiger partial charge in [-0.15, -0.1) is 0 Å². The summed E-state index contributed by atoms with van der Waals surface area (Å²) in [6.45, 7) is 1.07. The van der Waals surface area contributed by atoms with Crippen molar-refractivity contribution in [2.24, 2.45) is 10.9 Å². The third-order valence-electron chi connectivity index (χ3n) is 1.79. The highest BCUT2D eigenvalue weighted by Gasteiger charge is 2.11. The van der Waals surface area contributed by atoms with Crippen LogP contribution in [-0.4, -0.2) is 21.5 Å². The van der Waals surface area contributed by atoms with Crippen LogP contribution in [0.25, 0.3) is 0 Å². The Hall–Kier alpha value is -1.31. The van der Waals surface area contributed by atoms with E-state index in [4.69, 9.17) is 16.6 Å². The summed E-state index contributed by atoms with van der Waals surface area (Å²) >= 11 is 0. The van der Waals surface area contributed by atoms with Crippen molar-refractivity contribution in [2.45, 2.75) is 4.90 Å². The van der Waals surface area contributed by atoms with Crippen LogP contribution in [-0.2, 0) is 10.0 Å². The molecule has 0 amide bonds. The van der Waals surface area contributed by atoms with E-state index < -0.39 is 10.0 Å². The molecule has 7 heteroatoms. The number of primary sulfonamides is 1. The maximum Gasteiger partial charge on any atom is 0.240 e. The minimum absolute atomic E-state index is 0.0687. The number of benzene rings is 1. The van der Waals surface area contributed by atoms with Gasteiger partial charge in [0, 0.05) is 18.8 Å². The second-order valence-corrected chi connectivity index (χ2v) is 4.54. The number of hydrogen-bond donors (Lipinski definition) is 4. The molecule has 0 saturated carbocycles. The fraction of sp³-hybridized carbons (Fsp3) is 0.250. The Morgan fingerprint density at radius 1 is 1.33 bits per heavy atom. The van der Waals surface area contributed by atoms with Crippen molar-refractivity contribution in [3.8, 4) is 0 Å². The molecule has 84 valence electrons. The Labute approximate surface area is 88.5 Å². The molecule has 0 heterocycles. The number of anilines is 2. The summed E-state index contributed by atoms with van der Waals surface area (Å²) in [7, 11) is -3.75. The van der Waals surface area contributed by atoms with Crippen LogP contribution >= 0.6 is 0 Å². The zero-order valence-corrected chi connectivity index (χ0v) is 8.92. The Morgan fingerprint density at radius 2 is 2.00 bits per heavy atom. The molecule has 0 bridgehead atoms. The molecule has 1 aromatic rings. The SMILES string of the molecule is NCCNc1ccc(S(N)(=O)=O)c(N)c1. The highest BCUT2D eigenvalue weighted by molar-refractivity contribution is 7.89. The monoisotopic (exact) mass is 230 g/mol. The van der Waals surface area contributed by atoms with Gasteiger partial charge in [-0.05, 0) is 18.2 Å². The van der Waals surface area contributed by atoms with Gasteiger partial charge in [0.2, 0.25) is 10.0 Å². The highest BCUT2D eigenvalue weighted by atomic mass is 32.2. The summed E-state index contributed by atoms with van der Waals surface area (Å²) in [5, 5.41) is 7.93. The number of sulfonamides is 1. The predicted octanol–water partition coefficient (Wildman–Crippen LogP) is -0.713. The van der Waals surface area contributed by atoms with E-state index in [2.05, 4.69) is 5.32 Å². The van der Waals surface area contributed by atoms with Crippen LogP contribution in [0.1, 0.15) is 0 Å². The minimum Gasteiger partial charge on any atom is -0.398 e. The van der Waals surface area contributed by atoms with E-state index in [-0.39, 0.29) is 10.6 Å². The molecule has 0 aliphatic heterocycles. The second kappa shape index (κ2) is 4.47. The number of nitrogens with one attached hydrogen (secondary N) is 1. The van der Waals surface area contributed by atoms with Crippen molar-refractivity contribution in [1.82, 2.24) is 0 Å². The highest BCUT2D eigenvalue weighted by Crippen LogP contribution is 2.20. The summed E-state index contributed by atoms with van der Waals surface area (Å²) in [6, 6.07) is 4.46. The first-order valence-corrected chi connectivity index (χ1v) is 5.86. The van der Waals surface area contributed by atoms with Crippen LogP contribution in [0.3, 0.4) is 0 Å². The van der Waals surface area contributed by atoms with Gasteiger partial charge < -0.3 is 16.8 Å². The van der Waals surface area contributed by atoms with E-state index in [1.807, 2.05) is 0 Å². The maximum atomic E-state index is 11.0. The molecule has 6 nitrogen and oxygen atoms in total. The number of nitrogen functional groups attached to an aromatic ring is 1. The molecular formula is C8H14N4O2S. The van der Waals surface area contributed by atoms with Crippen LogP contribution in [0.5, 0.6) is 0 Å². The molecule has 0 atom stereocenters. The van der Waals surface area contributed by atoms with Gasteiger partial charge in [-0.3, -0.25) is 0 Å². The van der Waals surface area contributed by atoms with E-state index in [1.54, 1.807) is 6.07 Å². The average molecular weight is 230 g/mol. The molecule has 0 radical (unpaired) electrons. The van der Waals surface area contributed by atoms with Crippen LogP contribution in [0.2, 0.25) is 0 Å². The Kier molecular flexibility index (Phi) is 3.51. The lowest BCUT2D eigenvalue weighted by Crippen LogP contribution is -2.16. The van der Waals surface area contributed by atoms with E-state index in [0.717, 1.165) is 0 Å². The largest absolute Gasteiger partial charge is 0.398 e. The van der Waals surface area contributed by atoms with Crippen LogP contribution < -0.4 is 21.9 Å². The van der Waals surface area contributed by atoms with Crippen LogP contribution in [0, 0.1) is 0 Å². The summed E-state index contributed by atoms with van der Waals surface area (Å²) in [5.74, 6) is 0. The summed E-state index contributed by atoms with van der Waals surface area (Å²) in [4.78, 5) is -0.0687. The Bertz CT molecular complexity index is 444. The number of hydrogen-bond acceptors (Lipinski definition) is 5. The third kappa shape index (κ3) is 3.08. The molecule has 0 aliphatic carbocycles. The van der Waals surface area contributed by atoms with E-state index in [0.29, 0.717) is 18.8 Å². The van der Waals surface area contributed by atoms with Gasteiger partial charge in [0.15, 0.2) is 0 Å². The van der Waals surface area contributed by atoms with E-state index in [1.165, 1.54) is 12.1 Å². The van der Waals surface area contributed by atoms with Crippen molar-refractivity contribution in [2.75, 3.05) is 24.1 Å². The molecule has 0 unspecified atom stereocenters. The third-order valence-corrected chi connectivity index (χ3v) is 2.77. The smallest absolute Gasteiger partial charge is 0.240 e.